The van der Waals surface area contributed by atoms with Gasteiger partial charge in [0.25, 0.3) is 11.8 Å². The Morgan fingerprint density at radius 3 is 2.46 bits per heavy atom. The van der Waals surface area contributed by atoms with Crippen LogP contribution in [0.5, 0.6) is 0 Å². The number of carbonyl (C=O) groups excluding carboxylic acids is 2. The maximum absolute atomic E-state index is 12.8. The number of nitrogens with zero attached hydrogens (tertiary/aromatic N) is 1. The largest absolute Gasteiger partial charge is 0.335 e. The summed E-state index contributed by atoms with van der Waals surface area (Å²) >= 11 is 1.38. The van der Waals surface area contributed by atoms with Gasteiger partial charge < -0.3 is 10.2 Å². The molecule has 0 aliphatic rings. The predicted molar refractivity (Wildman–Crippen MR) is 106 cm³/mol. The summed E-state index contributed by atoms with van der Waals surface area (Å²) in [7, 11) is 1.79. The van der Waals surface area contributed by atoms with E-state index in [1.54, 1.807) is 42.3 Å². The second-order valence-corrected chi connectivity index (χ2v) is 6.96. The molecule has 0 spiro atoms. The Morgan fingerprint density at radius 1 is 1.00 bits per heavy atom. The van der Waals surface area contributed by atoms with Gasteiger partial charge in [0.2, 0.25) is 0 Å². The molecule has 1 atom stereocenters. The van der Waals surface area contributed by atoms with E-state index >= 15 is 0 Å². The van der Waals surface area contributed by atoms with Gasteiger partial charge in [0.15, 0.2) is 0 Å². The first-order valence-electron chi connectivity index (χ1n) is 8.33. The number of amides is 2. The topological polar surface area (TPSA) is 49.4 Å². The van der Waals surface area contributed by atoms with Crippen molar-refractivity contribution in [3.63, 3.8) is 0 Å². The van der Waals surface area contributed by atoms with E-state index in [-0.39, 0.29) is 17.9 Å². The van der Waals surface area contributed by atoms with Crippen LogP contribution in [0, 0.1) is 0 Å². The van der Waals surface area contributed by atoms with Crippen molar-refractivity contribution in [2.75, 3.05) is 12.4 Å². The van der Waals surface area contributed by atoms with E-state index in [9.17, 15) is 9.59 Å². The minimum atomic E-state index is -0.171. The first kappa shape index (κ1) is 17.9. The van der Waals surface area contributed by atoms with E-state index in [1.807, 2.05) is 48.7 Å². The third-order valence-electron chi connectivity index (χ3n) is 4.30. The van der Waals surface area contributed by atoms with E-state index < -0.39 is 0 Å². The molecule has 1 unspecified atom stereocenters. The molecule has 1 aromatic heterocycles. The van der Waals surface area contributed by atoms with Crippen LogP contribution >= 0.6 is 11.3 Å². The molecule has 1 heterocycles. The van der Waals surface area contributed by atoms with Crippen molar-refractivity contribution >= 4 is 28.8 Å². The van der Waals surface area contributed by atoms with Crippen molar-refractivity contribution in [1.82, 2.24) is 4.90 Å². The zero-order valence-electron chi connectivity index (χ0n) is 14.7. The Balaban J connectivity index is 1.74. The average molecular weight is 364 g/mol. The van der Waals surface area contributed by atoms with Crippen LogP contribution in [0.15, 0.2) is 72.1 Å². The third-order valence-corrected chi connectivity index (χ3v) is 5.16. The van der Waals surface area contributed by atoms with E-state index in [0.717, 1.165) is 5.56 Å². The quantitative estimate of drug-likeness (QED) is 0.705. The molecule has 5 heteroatoms. The SMILES string of the molecule is CC(c1ccccc1)N(C)C(=O)c1cccc(NC(=O)c2cccs2)c1. The van der Waals surface area contributed by atoms with Gasteiger partial charge in [0.1, 0.15) is 0 Å². The van der Waals surface area contributed by atoms with Gasteiger partial charge in [-0.25, -0.2) is 0 Å². The Labute approximate surface area is 157 Å². The molecule has 2 amide bonds. The summed E-state index contributed by atoms with van der Waals surface area (Å²) in [5, 5.41) is 4.70. The van der Waals surface area contributed by atoms with Crippen molar-refractivity contribution in [1.29, 1.82) is 0 Å². The van der Waals surface area contributed by atoms with Crippen molar-refractivity contribution in [2.24, 2.45) is 0 Å². The summed E-state index contributed by atoms with van der Waals surface area (Å²) in [6.45, 7) is 2.00. The average Bonchev–Trinajstić information content (AvgIpc) is 3.22. The third kappa shape index (κ3) is 4.00. The zero-order chi connectivity index (χ0) is 18.5. The Kier molecular flexibility index (Phi) is 5.49. The fourth-order valence-electron chi connectivity index (χ4n) is 2.67. The normalized spacial score (nSPS) is 11.6. The van der Waals surface area contributed by atoms with Gasteiger partial charge in [0.05, 0.1) is 10.9 Å². The Bertz CT molecular complexity index is 891. The fraction of sp³-hybridized carbons (Fsp3) is 0.143. The van der Waals surface area contributed by atoms with Gasteiger partial charge in [-0.1, -0.05) is 42.5 Å². The molecule has 3 rings (SSSR count). The second kappa shape index (κ2) is 7.97. The van der Waals surface area contributed by atoms with E-state index in [0.29, 0.717) is 16.1 Å². The second-order valence-electron chi connectivity index (χ2n) is 6.01. The van der Waals surface area contributed by atoms with E-state index in [4.69, 9.17) is 0 Å². The summed E-state index contributed by atoms with van der Waals surface area (Å²) in [5.41, 5.74) is 2.22. The molecule has 0 fully saturated rings. The molecular formula is C21H20N2O2S. The monoisotopic (exact) mass is 364 g/mol. The lowest BCUT2D eigenvalue weighted by Gasteiger charge is -2.25. The standard InChI is InChI=1S/C21H20N2O2S/c1-15(16-8-4-3-5-9-16)23(2)21(25)17-10-6-11-18(14-17)22-20(24)19-12-7-13-26-19/h3-15H,1-2H3,(H,22,24). The predicted octanol–water partition coefficient (Wildman–Crippen LogP) is 4.83. The summed E-state index contributed by atoms with van der Waals surface area (Å²) in [6.07, 6.45) is 0. The van der Waals surface area contributed by atoms with Crippen molar-refractivity contribution < 1.29 is 9.59 Å². The highest BCUT2D eigenvalue weighted by Crippen LogP contribution is 2.22. The first-order chi connectivity index (χ1) is 12.6. The number of benzene rings is 2. The molecule has 1 N–H and O–H groups in total. The minimum absolute atomic E-state index is 0.0481. The van der Waals surface area contributed by atoms with Crippen LogP contribution < -0.4 is 5.32 Å². The molecule has 2 aromatic carbocycles. The summed E-state index contributed by atoms with van der Waals surface area (Å²) < 4.78 is 0. The zero-order valence-corrected chi connectivity index (χ0v) is 15.5. The highest BCUT2D eigenvalue weighted by molar-refractivity contribution is 7.12. The van der Waals surface area contributed by atoms with Crippen LogP contribution in [-0.2, 0) is 0 Å². The number of thiophene rings is 1. The summed E-state index contributed by atoms with van der Waals surface area (Å²) in [6, 6.07) is 20.5. The van der Waals surface area contributed by atoms with Gasteiger partial charge in [-0.15, -0.1) is 11.3 Å². The van der Waals surface area contributed by atoms with Crippen LogP contribution in [0.1, 0.15) is 38.6 Å². The van der Waals surface area contributed by atoms with Crippen molar-refractivity contribution in [2.45, 2.75) is 13.0 Å². The maximum atomic E-state index is 12.8. The van der Waals surface area contributed by atoms with Crippen molar-refractivity contribution in [3.8, 4) is 0 Å². The van der Waals surface area contributed by atoms with E-state index in [2.05, 4.69) is 5.32 Å². The Hall–Kier alpha value is -2.92. The van der Waals surface area contributed by atoms with Gasteiger partial charge in [-0.05, 0) is 42.1 Å². The highest BCUT2D eigenvalue weighted by atomic mass is 32.1. The van der Waals surface area contributed by atoms with Gasteiger partial charge >= 0.3 is 0 Å². The minimum Gasteiger partial charge on any atom is -0.335 e. The highest BCUT2D eigenvalue weighted by Gasteiger charge is 2.19. The van der Waals surface area contributed by atoms with E-state index in [1.165, 1.54) is 11.3 Å². The van der Waals surface area contributed by atoms with Gasteiger partial charge in [0, 0.05) is 18.3 Å². The van der Waals surface area contributed by atoms with Gasteiger partial charge in [-0.2, -0.15) is 0 Å². The van der Waals surface area contributed by atoms with Crippen LogP contribution in [0.4, 0.5) is 5.69 Å². The lowest BCUT2D eigenvalue weighted by Crippen LogP contribution is -2.29. The lowest BCUT2D eigenvalue weighted by atomic mass is 10.1. The molecule has 0 saturated carbocycles. The molecule has 4 nitrogen and oxygen atoms in total. The number of carbonyl (C=O) groups is 2. The smallest absolute Gasteiger partial charge is 0.265 e. The van der Waals surface area contributed by atoms with Crippen LogP contribution in [0.25, 0.3) is 0 Å². The number of hydrogen-bond acceptors (Lipinski definition) is 3. The number of nitrogens with one attached hydrogen (secondary N) is 1. The molecule has 3 aromatic rings. The Morgan fingerprint density at radius 2 is 1.77 bits per heavy atom. The molecule has 0 saturated heterocycles. The number of hydrogen-bond donors (Lipinski definition) is 1. The first-order valence-corrected chi connectivity index (χ1v) is 9.21. The molecule has 0 radical (unpaired) electrons. The molecule has 132 valence electrons. The van der Waals surface area contributed by atoms with Crippen LogP contribution in [0.2, 0.25) is 0 Å². The lowest BCUT2D eigenvalue weighted by molar-refractivity contribution is 0.0742. The molecular weight excluding hydrogens is 344 g/mol. The number of rotatable bonds is 5. The van der Waals surface area contributed by atoms with Crippen molar-refractivity contribution in [3.05, 3.63) is 88.1 Å². The van der Waals surface area contributed by atoms with Gasteiger partial charge in [-0.3, -0.25) is 9.59 Å². The number of anilines is 1. The molecule has 0 aliphatic carbocycles. The fourth-order valence-corrected chi connectivity index (χ4v) is 3.28. The molecule has 26 heavy (non-hydrogen) atoms. The van der Waals surface area contributed by atoms with Crippen LogP contribution in [-0.4, -0.2) is 23.8 Å². The molecule has 0 aliphatic heterocycles. The maximum Gasteiger partial charge on any atom is 0.265 e. The molecule has 0 bridgehead atoms. The summed E-state index contributed by atoms with van der Waals surface area (Å²) in [4.78, 5) is 27.4. The van der Waals surface area contributed by atoms with Crippen LogP contribution in [0.3, 0.4) is 0 Å². The summed E-state index contributed by atoms with van der Waals surface area (Å²) in [5.74, 6) is -0.260.